The molecule has 1 rings (SSSR count). The molecule has 4 nitrogen and oxygen atoms in total. The summed E-state index contributed by atoms with van der Waals surface area (Å²) in [6.45, 7) is 1.67. The fourth-order valence-electron chi connectivity index (χ4n) is 1.30. The van der Waals surface area contributed by atoms with Gasteiger partial charge < -0.3 is 9.64 Å². The Bertz CT molecular complexity index is 432. The van der Waals surface area contributed by atoms with Crippen LogP contribution in [0, 0.1) is 0 Å². The van der Waals surface area contributed by atoms with Crippen LogP contribution in [0.5, 0.6) is 5.75 Å². The Morgan fingerprint density at radius 1 is 1.47 bits per heavy atom. The molecule has 1 atom stereocenters. The number of hydrogen-bond donors (Lipinski definition) is 0. The molecular weight excluding hydrogens is 286 g/mol. The highest BCUT2D eigenvalue weighted by Crippen LogP contribution is 2.22. The first-order valence-electron chi connectivity index (χ1n) is 5.08. The Balaban J connectivity index is 2.82. The quantitative estimate of drug-likeness (QED) is 0.800. The summed E-state index contributed by atoms with van der Waals surface area (Å²) in [6.07, 6.45) is 0.153. The van der Waals surface area contributed by atoms with Crippen molar-refractivity contribution < 1.29 is 14.3 Å². The van der Waals surface area contributed by atoms with Gasteiger partial charge in [-0.15, -0.1) is 0 Å². The molecule has 0 aliphatic carbocycles. The lowest BCUT2D eigenvalue weighted by molar-refractivity contribution is -0.135. The summed E-state index contributed by atoms with van der Waals surface area (Å²) in [5, 5.41) is 0. The Kier molecular flexibility index (Phi) is 4.69. The van der Waals surface area contributed by atoms with Crippen molar-refractivity contribution in [3.8, 4) is 5.75 Å². The summed E-state index contributed by atoms with van der Waals surface area (Å²) >= 11 is 3.25. The van der Waals surface area contributed by atoms with Gasteiger partial charge in [0, 0.05) is 24.1 Å². The molecule has 0 N–H and O–H groups in total. The van der Waals surface area contributed by atoms with Crippen molar-refractivity contribution in [1.82, 2.24) is 4.90 Å². The van der Waals surface area contributed by atoms with Gasteiger partial charge in [0.25, 0.3) is 5.91 Å². The highest BCUT2D eigenvalue weighted by molar-refractivity contribution is 9.10. The van der Waals surface area contributed by atoms with Crippen LogP contribution in [0.3, 0.4) is 0 Å². The van der Waals surface area contributed by atoms with Crippen LogP contribution >= 0.6 is 15.9 Å². The number of aldehydes is 1. The summed E-state index contributed by atoms with van der Waals surface area (Å²) < 4.78 is 6.16. The molecule has 0 saturated carbocycles. The van der Waals surface area contributed by atoms with Crippen LogP contribution in [0.4, 0.5) is 0 Å². The number of likely N-dealkylation sites (N-methyl/N-ethyl adjacent to an activating group) is 1. The maximum absolute atomic E-state index is 11.6. The van der Waals surface area contributed by atoms with E-state index in [0.717, 1.165) is 6.29 Å². The average Bonchev–Trinajstić information content (AvgIpc) is 2.30. The van der Waals surface area contributed by atoms with Gasteiger partial charge in [0.2, 0.25) is 0 Å². The number of benzene rings is 1. The molecular formula is C12H14BrNO3. The molecule has 1 aromatic rings. The fourth-order valence-corrected chi connectivity index (χ4v) is 1.64. The lowest BCUT2D eigenvalue weighted by atomic mass is 10.2. The maximum Gasteiger partial charge on any atom is 0.262 e. The number of carbonyl (C=O) groups is 2. The van der Waals surface area contributed by atoms with Crippen LogP contribution < -0.4 is 4.74 Å². The van der Waals surface area contributed by atoms with E-state index in [1.54, 1.807) is 39.2 Å². The van der Waals surface area contributed by atoms with E-state index in [1.807, 2.05) is 0 Å². The number of hydrogen-bond acceptors (Lipinski definition) is 3. The van der Waals surface area contributed by atoms with Crippen LogP contribution in [-0.2, 0) is 4.79 Å². The molecule has 5 heteroatoms. The van der Waals surface area contributed by atoms with Crippen LogP contribution in [0.2, 0.25) is 0 Å². The summed E-state index contributed by atoms with van der Waals surface area (Å²) in [5.41, 5.74) is 0.493. The first-order chi connectivity index (χ1) is 7.95. The fraction of sp³-hybridized carbons (Fsp3) is 0.333. The first-order valence-corrected chi connectivity index (χ1v) is 5.87. The molecule has 0 saturated heterocycles. The second-order valence-electron chi connectivity index (χ2n) is 3.79. The largest absolute Gasteiger partial charge is 0.481 e. The summed E-state index contributed by atoms with van der Waals surface area (Å²) in [7, 11) is 3.33. The van der Waals surface area contributed by atoms with Crippen molar-refractivity contribution in [2.75, 3.05) is 14.1 Å². The van der Waals surface area contributed by atoms with E-state index in [0.29, 0.717) is 15.8 Å². The van der Waals surface area contributed by atoms with Crippen molar-refractivity contribution in [1.29, 1.82) is 0 Å². The second kappa shape index (κ2) is 5.82. The molecule has 1 unspecified atom stereocenters. The van der Waals surface area contributed by atoms with E-state index in [1.165, 1.54) is 4.90 Å². The molecule has 92 valence electrons. The topological polar surface area (TPSA) is 46.6 Å². The number of amides is 1. The number of ether oxygens (including phenoxy) is 1. The van der Waals surface area contributed by atoms with Crippen LogP contribution in [0.1, 0.15) is 17.3 Å². The van der Waals surface area contributed by atoms with Gasteiger partial charge in [-0.1, -0.05) is 15.9 Å². The highest BCUT2D eigenvalue weighted by atomic mass is 79.9. The van der Waals surface area contributed by atoms with Crippen LogP contribution in [-0.4, -0.2) is 37.3 Å². The van der Waals surface area contributed by atoms with Crippen LogP contribution in [0.15, 0.2) is 22.7 Å². The Morgan fingerprint density at radius 3 is 2.65 bits per heavy atom. The molecule has 0 aromatic heterocycles. The lowest BCUT2D eigenvalue weighted by Gasteiger charge is -2.18. The smallest absolute Gasteiger partial charge is 0.262 e. The maximum atomic E-state index is 11.6. The minimum atomic E-state index is -0.578. The molecule has 17 heavy (non-hydrogen) atoms. The van der Waals surface area contributed by atoms with E-state index in [2.05, 4.69) is 15.9 Å². The minimum Gasteiger partial charge on any atom is -0.481 e. The zero-order chi connectivity index (χ0) is 13.0. The van der Waals surface area contributed by atoms with Gasteiger partial charge in [0.1, 0.15) is 5.75 Å². The Labute approximate surface area is 109 Å². The highest BCUT2D eigenvalue weighted by Gasteiger charge is 2.16. The van der Waals surface area contributed by atoms with Gasteiger partial charge in [0.15, 0.2) is 12.4 Å². The number of nitrogens with zero attached hydrogens (tertiary/aromatic N) is 1. The minimum absolute atomic E-state index is 0.124. The molecule has 0 aliphatic heterocycles. The van der Waals surface area contributed by atoms with Crippen LogP contribution in [0.25, 0.3) is 0 Å². The predicted octanol–water partition coefficient (Wildman–Crippen LogP) is 2.12. The second-order valence-corrected chi connectivity index (χ2v) is 4.65. The van der Waals surface area contributed by atoms with E-state index in [-0.39, 0.29) is 5.91 Å². The zero-order valence-electron chi connectivity index (χ0n) is 9.94. The molecule has 0 radical (unpaired) electrons. The van der Waals surface area contributed by atoms with Crippen molar-refractivity contribution in [3.63, 3.8) is 0 Å². The molecule has 0 heterocycles. The van der Waals surface area contributed by atoms with Gasteiger partial charge in [-0.3, -0.25) is 9.59 Å². The third kappa shape index (κ3) is 3.56. The van der Waals surface area contributed by atoms with E-state index in [9.17, 15) is 9.59 Å². The first kappa shape index (κ1) is 13.7. The van der Waals surface area contributed by atoms with Crippen molar-refractivity contribution >= 4 is 28.1 Å². The Morgan fingerprint density at radius 2 is 2.12 bits per heavy atom. The molecule has 1 aromatic carbocycles. The van der Waals surface area contributed by atoms with Gasteiger partial charge in [-0.2, -0.15) is 0 Å². The monoisotopic (exact) mass is 299 g/mol. The normalized spacial score (nSPS) is 11.8. The van der Waals surface area contributed by atoms with E-state index >= 15 is 0 Å². The SMILES string of the molecule is CC(Oc1ccc(Br)c(C=O)c1)C(=O)N(C)C. The summed E-state index contributed by atoms with van der Waals surface area (Å²) in [6, 6.07) is 5.01. The van der Waals surface area contributed by atoms with Gasteiger partial charge >= 0.3 is 0 Å². The predicted molar refractivity (Wildman–Crippen MR) is 68.3 cm³/mol. The molecule has 0 spiro atoms. The zero-order valence-corrected chi connectivity index (χ0v) is 11.5. The number of halogens is 1. The van der Waals surface area contributed by atoms with Crippen molar-refractivity contribution in [2.45, 2.75) is 13.0 Å². The van der Waals surface area contributed by atoms with Crippen molar-refractivity contribution in [3.05, 3.63) is 28.2 Å². The molecule has 0 aliphatic rings. The molecule has 1 amide bonds. The molecule has 0 bridgehead atoms. The van der Waals surface area contributed by atoms with Gasteiger partial charge in [-0.25, -0.2) is 0 Å². The third-order valence-electron chi connectivity index (χ3n) is 2.20. The number of carbonyl (C=O) groups excluding carboxylic acids is 2. The van der Waals surface area contributed by atoms with Gasteiger partial charge in [-0.05, 0) is 25.1 Å². The Hall–Kier alpha value is -1.36. The average molecular weight is 300 g/mol. The number of rotatable bonds is 4. The standard InChI is InChI=1S/C12H14BrNO3/c1-8(12(16)14(2)3)17-10-4-5-11(13)9(6-10)7-15/h4-8H,1-3H3. The van der Waals surface area contributed by atoms with Crippen molar-refractivity contribution in [2.24, 2.45) is 0 Å². The summed E-state index contributed by atoms with van der Waals surface area (Å²) in [4.78, 5) is 23.8. The van der Waals surface area contributed by atoms with Gasteiger partial charge in [0.05, 0.1) is 0 Å². The van der Waals surface area contributed by atoms with E-state index in [4.69, 9.17) is 4.74 Å². The molecule has 0 fully saturated rings. The third-order valence-corrected chi connectivity index (χ3v) is 2.92. The lowest BCUT2D eigenvalue weighted by Crippen LogP contribution is -2.35. The van der Waals surface area contributed by atoms with E-state index < -0.39 is 6.10 Å². The summed E-state index contributed by atoms with van der Waals surface area (Å²) in [5.74, 6) is 0.374.